The monoisotopic (exact) mass is 316 g/mol. The summed E-state index contributed by atoms with van der Waals surface area (Å²) in [5, 5.41) is 9.02. The van der Waals surface area contributed by atoms with Crippen molar-refractivity contribution in [3.63, 3.8) is 0 Å². The molecule has 0 saturated heterocycles. The van der Waals surface area contributed by atoms with Crippen LogP contribution >= 0.6 is 0 Å². The molecule has 0 radical (unpaired) electrons. The van der Waals surface area contributed by atoms with Gasteiger partial charge in [0.15, 0.2) is 0 Å². The second kappa shape index (κ2) is 7.81. The highest BCUT2D eigenvalue weighted by Crippen LogP contribution is 2.40. The fraction of sp³-hybridized carbons (Fsp3) is 0.571. The number of aliphatic carboxylic acids is 1. The maximum Gasteiger partial charge on any atom is 0.328 e. The Morgan fingerprint density at radius 2 is 1.30 bits per heavy atom. The zero-order valence-electron chi connectivity index (χ0n) is 15.9. The molecule has 2 nitrogen and oxygen atoms in total. The van der Waals surface area contributed by atoms with Crippen molar-refractivity contribution in [2.24, 2.45) is 0 Å². The predicted molar refractivity (Wildman–Crippen MR) is 99.5 cm³/mol. The van der Waals surface area contributed by atoms with Crippen LogP contribution in [0, 0.1) is 0 Å². The molecule has 0 spiro atoms. The van der Waals surface area contributed by atoms with E-state index in [0.29, 0.717) is 23.7 Å². The van der Waals surface area contributed by atoms with Gasteiger partial charge < -0.3 is 5.11 Å². The Morgan fingerprint density at radius 1 is 0.826 bits per heavy atom. The van der Waals surface area contributed by atoms with Crippen molar-refractivity contribution in [3.05, 3.63) is 40.0 Å². The van der Waals surface area contributed by atoms with Gasteiger partial charge in [-0.1, -0.05) is 61.5 Å². The molecular weight excluding hydrogens is 284 g/mol. The van der Waals surface area contributed by atoms with E-state index >= 15 is 0 Å². The number of rotatable bonds is 6. The highest BCUT2D eigenvalue weighted by atomic mass is 16.4. The molecular formula is C21H32O2. The van der Waals surface area contributed by atoms with Crippen LogP contribution < -0.4 is 0 Å². The average Bonchev–Trinajstić information content (AvgIpc) is 2.42. The topological polar surface area (TPSA) is 37.3 Å². The van der Waals surface area contributed by atoms with Gasteiger partial charge >= 0.3 is 5.97 Å². The molecule has 0 aliphatic heterocycles. The van der Waals surface area contributed by atoms with Gasteiger partial charge in [-0.3, -0.25) is 0 Å². The minimum atomic E-state index is -0.898. The molecule has 0 saturated carbocycles. The summed E-state index contributed by atoms with van der Waals surface area (Å²) in [7, 11) is 0. The number of benzene rings is 1. The number of carboxylic acids is 1. The largest absolute Gasteiger partial charge is 0.478 e. The van der Waals surface area contributed by atoms with Crippen molar-refractivity contribution >= 4 is 12.0 Å². The fourth-order valence-electron chi connectivity index (χ4n) is 3.47. The van der Waals surface area contributed by atoms with E-state index in [1.54, 1.807) is 6.08 Å². The first-order valence-electron chi connectivity index (χ1n) is 8.69. The van der Waals surface area contributed by atoms with Crippen LogP contribution in [0.4, 0.5) is 0 Å². The van der Waals surface area contributed by atoms with Gasteiger partial charge in [-0.05, 0) is 57.6 Å². The predicted octanol–water partition coefficient (Wildman–Crippen LogP) is 6.28. The molecule has 0 fully saturated rings. The summed E-state index contributed by atoms with van der Waals surface area (Å²) in [6, 6.07) is 2.21. The Labute approximate surface area is 141 Å². The zero-order valence-corrected chi connectivity index (χ0v) is 15.9. The van der Waals surface area contributed by atoms with Gasteiger partial charge in [-0.15, -0.1) is 0 Å². The van der Waals surface area contributed by atoms with Gasteiger partial charge in [-0.2, -0.15) is 0 Å². The fourth-order valence-corrected chi connectivity index (χ4v) is 3.47. The van der Waals surface area contributed by atoms with E-state index < -0.39 is 5.97 Å². The molecule has 0 amide bonds. The van der Waals surface area contributed by atoms with Crippen molar-refractivity contribution in [1.29, 1.82) is 0 Å². The summed E-state index contributed by atoms with van der Waals surface area (Å²) in [5.74, 6) is 0.757. The first kappa shape index (κ1) is 19.5. The van der Waals surface area contributed by atoms with Gasteiger partial charge in [0.05, 0.1) is 0 Å². The van der Waals surface area contributed by atoms with Crippen molar-refractivity contribution in [3.8, 4) is 0 Å². The van der Waals surface area contributed by atoms with E-state index in [1.807, 2.05) is 0 Å². The lowest BCUT2D eigenvalue weighted by Gasteiger charge is -2.29. The summed E-state index contributed by atoms with van der Waals surface area (Å²) in [6.07, 6.45) is 3.02. The van der Waals surface area contributed by atoms with E-state index in [0.717, 1.165) is 5.56 Å². The zero-order chi connectivity index (χ0) is 17.9. The number of hydrogen-bond acceptors (Lipinski definition) is 1. The third-order valence-corrected chi connectivity index (χ3v) is 4.27. The average molecular weight is 316 g/mol. The van der Waals surface area contributed by atoms with Crippen LogP contribution in [0.3, 0.4) is 0 Å². The Balaban J connectivity index is 3.88. The molecule has 0 aliphatic rings. The van der Waals surface area contributed by atoms with Crippen LogP contribution in [0.25, 0.3) is 6.08 Å². The quantitative estimate of drug-likeness (QED) is 0.627. The van der Waals surface area contributed by atoms with E-state index in [4.69, 9.17) is 5.11 Å². The minimum absolute atomic E-state index is 0.361. The minimum Gasteiger partial charge on any atom is -0.478 e. The van der Waals surface area contributed by atoms with Gasteiger partial charge in [0.1, 0.15) is 0 Å². The molecule has 0 bridgehead atoms. The Morgan fingerprint density at radius 3 is 1.65 bits per heavy atom. The summed E-state index contributed by atoms with van der Waals surface area (Å²) < 4.78 is 0. The van der Waals surface area contributed by atoms with Crippen LogP contribution in [0.15, 0.2) is 12.1 Å². The molecule has 2 heteroatoms. The van der Waals surface area contributed by atoms with E-state index in [-0.39, 0.29) is 0 Å². The smallest absolute Gasteiger partial charge is 0.328 e. The first-order chi connectivity index (χ1) is 10.6. The Bertz CT molecular complexity index is 590. The maximum absolute atomic E-state index is 11.0. The first-order valence-corrected chi connectivity index (χ1v) is 8.69. The van der Waals surface area contributed by atoms with E-state index in [2.05, 4.69) is 61.5 Å². The van der Waals surface area contributed by atoms with Crippen LogP contribution in [0.1, 0.15) is 107 Å². The van der Waals surface area contributed by atoms with E-state index in [9.17, 15) is 4.79 Å². The molecule has 0 atom stereocenters. The van der Waals surface area contributed by atoms with Crippen LogP contribution in [0.5, 0.6) is 0 Å². The number of carboxylic acid groups (broad SMARTS) is 1. The van der Waals surface area contributed by atoms with E-state index in [1.165, 1.54) is 28.3 Å². The normalized spacial score (nSPS) is 12.3. The molecule has 0 aromatic heterocycles. The highest BCUT2D eigenvalue weighted by molar-refractivity contribution is 5.86. The lowest BCUT2D eigenvalue weighted by atomic mass is 9.76. The number of carbonyl (C=O) groups is 1. The SMILES string of the molecule is CC(C)c1cc(/C=C/C(=O)O)c(C(C)C)c(C(C)C)c1C(C)C. The standard InChI is InChI=1S/C21H32O2/c1-12(2)17-11-16(9-10-18(22)23)19(13(3)4)21(15(7)8)20(17)14(5)6/h9-15H,1-8H3,(H,22,23)/b10-9+. The molecule has 0 aliphatic carbocycles. The van der Waals surface area contributed by atoms with Gasteiger partial charge in [0, 0.05) is 6.08 Å². The Kier molecular flexibility index (Phi) is 6.61. The number of hydrogen-bond donors (Lipinski definition) is 1. The summed E-state index contributed by atoms with van der Waals surface area (Å²) in [4.78, 5) is 11.0. The molecule has 128 valence electrons. The highest BCUT2D eigenvalue weighted by Gasteiger charge is 2.23. The molecule has 0 heterocycles. The van der Waals surface area contributed by atoms with Gasteiger partial charge in [-0.25, -0.2) is 4.79 Å². The third kappa shape index (κ3) is 4.46. The molecule has 1 aromatic rings. The summed E-state index contributed by atoms with van der Waals surface area (Å²) >= 11 is 0. The molecule has 1 rings (SSSR count). The van der Waals surface area contributed by atoms with Crippen LogP contribution in [-0.2, 0) is 4.79 Å². The summed E-state index contributed by atoms with van der Waals surface area (Å²) in [5.41, 5.74) is 6.56. The van der Waals surface area contributed by atoms with Crippen molar-refractivity contribution in [2.45, 2.75) is 79.1 Å². The van der Waals surface area contributed by atoms with Crippen LogP contribution in [-0.4, -0.2) is 11.1 Å². The molecule has 23 heavy (non-hydrogen) atoms. The Hall–Kier alpha value is -1.57. The second-order valence-electron chi connectivity index (χ2n) is 7.59. The van der Waals surface area contributed by atoms with Gasteiger partial charge in [0.2, 0.25) is 0 Å². The lowest BCUT2D eigenvalue weighted by Crippen LogP contribution is -2.12. The van der Waals surface area contributed by atoms with Crippen LogP contribution in [0.2, 0.25) is 0 Å². The lowest BCUT2D eigenvalue weighted by molar-refractivity contribution is -0.131. The molecule has 0 unspecified atom stereocenters. The van der Waals surface area contributed by atoms with Crippen molar-refractivity contribution < 1.29 is 9.90 Å². The summed E-state index contributed by atoms with van der Waals surface area (Å²) in [6.45, 7) is 17.8. The van der Waals surface area contributed by atoms with Crippen molar-refractivity contribution in [2.75, 3.05) is 0 Å². The molecule has 1 N–H and O–H groups in total. The maximum atomic E-state index is 11.0. The third-order valence-electron chi connectivity index (χ3n) is 4.27. The van der Waals surface area contributed by atoms with Crippen molar-refractivity contribution in [1.82, 2.24) is 0 Å². The molecule has 1 aromatic carbocycles. The van der Waals surface area contributed by atoms with Gasteiger partial charge in [0.25, 0.3) is 0 Å². The second-order valence-corrected chi connectivity index (χ2v) is 7.59.